The van der Waals surface area contributed by atoms with E-state index in [-0.39, 0.29) is 11.9 Å². The number of nitrogens with one attached hydrogen (secondary N) is 1. The summed E-state index contributed by atoms with van der Waals surface area (Å²) >= 11 is 0. The van der Waals surface area contributed by atoms with Gasteiger partial charge in [0, 0.05) is 17.1 Å². The number of nitrogens with zero attached hydrogens (tertiary/aromatic N) is 1. The van der Waals surface area contributed by atoms with Crippen molar-refractivity contribution in [3.8, 4) is 0 Å². The van der Waals surface area contributed by atoms with Crippen molar-refractivity contribution in [1.82, 2.24) is 10.3 Å². The second-order valence-corrected chi connectivity index (χ2v) is 6.16. The van der Waals surface area contributed by atoms with Crippen molar-refractivity contribution in [3.05, 3.63) is 41.1 Å². The molecule has 0 spiro atoms. The molecule has 3 rings (SSSR count). The number of hydrogen-bond acceptors (Lipinski definition) is 4. The molecule has 1 fully saturated rings. The molecule has 23 heavy (non-hydrogen) atoms. The minimum absolute atomic E-state index is 0.243. The fraction of sp³-hybridized carbons (Fsp3) is 0.389. The molecule has 5 heteroatoms. The maximum atomic E-state index is 12.5. The number of fused-ring (bicyclic) bond motifs is 1. The molecule has 0 bridgehead atoms. The molecule has 1 N–H and O–H groups in total. The zero-order chi connectivity index (χ0) is 16.6. The lowest BCUT2D eigenvalue weighted by Gasteiger charge is -2.14. The predicted octanol–water partition coefficient (Wildman–Crippen LogP) is 2.68. The molecule has 120 valence electrons. The van der Waals surface area contributed by atoms with Crippen molar-refractivity contribution in [1.29, 1.82) is 0 Å². The summed E-state index contributed by atoms with van der Waals surface area (Å²) in [6.07, 6.45) is 1.19. The first kappa shape index (κ1) is 15.5. The summed E-state index contributed by atoms with van der Waals surface area (Å²) in [6, 6.07) is 7.70. The van der Waals surface area contributed by atoms with Gasteiger partial charge in [0.05, 0.1) is 11.1 Å². The smallest absolute Gasteiger partial charge is 0.339 e. The molecular formula is C18H20N2O3. The summed E-state index contributed by atoms with van der Waals surface area (Å²) in [6.45, 7) is 5.39. The number of ether oxygens (including phenoxy) is 1. The standard InChI is InChI=1S/C18H20N2O3/c1-10-4-7-16-14(8-10)15(9-11(2)19-16)18(22)23-12(3)17(21)20-13-5-6-13/h4,7-9,12-13H,5-6H2,1-3H3,(H,20,21). The summed E-state index contributed by atoms with van der Waals surface area (Å²) < 4.78 is 5.35. The molecule has 1 aromatic heterocycles. The van der Waals surface area contributed by atoms with E-state index in [1.165, 1.54) is 0 Å². The van der Waals surface area contributed by atoms with Gasteiger partial charge in [-0.15, -0.1) is 0 Å². The first-order valence-electron chi connectivity index (χ1n) is 7.83. The topological polar surface area (TPSA) is 68.3 Å². The van der Waals surface area contributed by atoms with E-state index in [4.69, 9.17) is 4.74 Å². The van der Waals surface area contributed by atoms with E-state index in [9.17, 15) is 9.59 Å². The van der Waals surface area contributed by atoms with Gasteiger partial charge in [0.15, 0.2) is 6.10 Å². The highest BCUT2D eigenvalue weighted by Gasteiger charge is 2.27. The van der Waals surface area contributed by atoms with E-state index in [1.807, 2.05) is 32.0 Å². The van der Waals surface area contributed by atoms with Gasteiger partial charge >= 0.3 is 5.97 Å². The van der Waals surface area contributed by atoms with Crippen molar-refractivity contribution in [3.63, 3.8) is 0 Å². The Morgan fingerprint density at radius 1 is 1.26 bits per heavy atom. The van der Waals surface area contributed by atoms with E-state index in [1.54, 1.807) is 13.0 Å². The molecule has 1 aliphatic rings. The molecule has 1 atom stereocenters. The van der Waals surface area contributed by atoms with Crippen LogP contribution in [0.15, 0.2) is 24.3 Å². The van der Waals surface area contributed by atoms with E-state index >= 15 is 0 Å². The SMILES string of the molecule is Cc1ccc2nc(C)cc(C(=O)OC(C)C(=O)NC3CC3)c2c1. The first-order valence-corrected chi connectivity index (χ1v) is 7.83. The lowest BCUT2D eigenvalue weighted by atomic mass is 10.1. The van der Waals surface area contributed by atoms with Crippen molar-refractivity contribution in [2.24, 2.45) is 0 Å². The summed E-state index contributed by atoms with van der Waals surface area (Å²) in [5, 5.41) is 3.59. The Kier molecular flexibility index (Phi) is 4.03. The van der Waals surface area contributed by atoms with Crippen LogP contribution < -0.4 is 5.32 Å². The largest absolute Gasteiger partial charge is 0.449 e. The Morgan fingerprint density at radius 2 is 2.00 bits per heavy atom. The number of pyridine rings is 1. The Labute approximate surface area is 135 Å². The summed E-state index contributed by atoms with van der Waals surface area (Å²) in [4.78, 5) is 28.9. The average molecular weight is 312 g/mol. The lowest BCUT2D eigenvalue weighted by molar-refractivity contribution is -0.129. The van der Waals surface area contributed by atoms with Gasteiger partial charge in [0.2, 0.25) is 0 Å². The van der Waals surface area contributed by atoms with Gasteiger partial charge in [-0.1, -0.05) is 11.6 Å². The molecule has 0 saturated heterocycles. The third kappa shape index (κ3) is 3.50. The molecule has 0 aliphatic heterocycles. The number of amides is 1. The van der Waals surface area contributed by atoms with Crippen LogP contribution in [0, 0.1) is 13.8 Å². The van der Waals surface area contributed by atoms with Crippen LogP contribution in [0.4, 0.5) is 0 Å². The highest BCUT2D eigenvalue weighted by Crippen LogP contribution is 2.22. The van der Waals surface area contributed by atoms with Gasteiger partial charge in [-0.25, -0.2) is 4.79 Å². The summed E-state index contributed by atoms with van der Waals surface area (Å²) in [5.74, 6) is -0.739. The number of aromatic nitrogens is 1. The maximum absolute atomic E-state index is 12.5. The molecular weight excluding hydrogens is 292 g/mol. The van der Waals surface area contributed by atoms with Gasteiger partial charge in [-0.3, -0.25) is 9.78 Å². The van der Waals surface area contributed by atoms with Gasteiger partial charge in [-0.2, -0.15) is 0 Å². The fourth-order valence-corrected chi connectivity index (χ4v) is 2.46. The number of aryl methyl sites for hydroxylation is 2. The van der Waals surface area contributed by atoms with E-state index in [0.717, 1.165) is 35.0 Å². The lowest BCUT2D eigenvalue weighted by Crippen LogP contribution is -2.37. The highest BCUT2D eigenvalue weighted by atomic mass is 16.5. The number of carbonyl (C=O) groups is 2. The third-order valence-corrected chi connectivity index (χ3v) is 3.89. The molecule has 0 radical (unpaired) electrons. The summed E-state index contributed by atoms with van der Waals surface area (Å²) in [5.41, 5.74) is 2.97. The Bertz CT molecular complexity index is 781. The number of carbonyl (C=O) groups excluding carboxylic acids is 2. The van der Waals surface area contributed by atoms with E-state index < -0.39 is 12.1 Å². The second kappa shape index (κ2) is 5.99. The van der Waals surface area contributed by atoms with Crippen LogP contribution in [0.25, 0.3) is 10.9 Å². The van der Waals surface area contributed by atoms with Crippen molar-refractivity contribution in [2.75, 3.05) is 0 Å². The van der Waals surface area contributed by atoms with Gasteiger partial charge < -0.3 is 10.1 Å². The van der Waals surface area contributed by atoms with E-state index in [2.05, 4.69) is 10.3 Å². The van der Waals surface area contributed by atoms with Crippen molar-refractivity contribution >= 4 is 22.8 Å². The number of esters is 1. The summed E-state index contributed by atoms with van der Waals surface area (Å²) in [7, 11) is 0. The Balaban J connectivity index is 1.84. The quantitative estimate of drug-likeness (QED) is 0.881. The van der Waals surface area contributed by atoms with Crippen LogP contribution in [-0.2, 0) is 9.53 Å². The average Bonchev–Trinajstić information content (AvgIpc) is 3.30. The van der Waals surface area contributed by atoms with Crippen molar-refractivity contribution in [2.45, 2.75) is 45.8 Å². The highest BCUT2D eigenvalue weighted by molar-refractivity contribution is 6.04. The predicted molar refractivity (Wildman–Crippen MR) is 87.3 cm³/mol. The van der Waals surface area contributed by atoms with Gasteiger partial charge in [0.1, 0.15) is 0 Å². The molecule has 1 aliphatic carbocycles. The maximum Gasteiger partial charge on any atom is 0.339 e. The van der Waals surface area contributed by atoms with Gasteiger partial charge in [0.25, 0.3) is 5.91 Å². The molecule has 1 unspecified atom stereocenters. The molecule has 1 amide bonds. The van der Waals surface area contributed by atoms with Crippen LogP contribution >= 0.6 is 0 Å². The minimum Gasteiger partial charge on any atom is -0.449 e. The monoisotopic (exact) mass is 312 g/mol. The molecule has 5 nitrogen and oxygen atoms in total. The fourth-order valence-electron chi connectivity index (χ4n) is 2.46. The zero-order valence-electron chi connectivity index (χ0n) is 13.6. The minimum atomic E-state index is -0.809. The van der Waals surface area contributed by atoms with Crippen LogP contribution in [0.3, 0.4) is 0 Å². The Hall–Kier alpha value is -2.43. The first-order chi connectivity index (χ1) is 10.9. The van der Waals surface area contributed by atoms with Crippen LogP contribution in [-0.4, -0.2) is 29.0 Å². The van der Waals surface area contributed by atoms with Crippen LogP contribution in [0.2, 0.25) is 0 Å². The van der Waals surface area contributed by atoms with Gasteiger partial charge in [-0.05, 0) is 51.8 Å². The molecule has 1 saturated carbocycles. The van der Waals surface area contributed by atoms with Crippen LogP contribution in [0.5, 0.6) is 0 Å². The van der Waals surface area contributed by atoms with Crippen molar-refractivity contribution < 1.29 is 14.3 Å². The number of hydrogen-bond donors (Lipinski definition) is 1. The normalized spacial score (nSPS) is 15.3. The third-order valence-electron chi connectivity index (χ3n) is 3.89. The molecule has 1 heterocycles. The van der Waals surface area contributed by atoms with E-state index in [0.29, 0.717) is 5.56 Å². The molecule has 1 aromatic carbocycles. The Morgan fingerprint density at radius 3 is 2.70 bits per heavy atom. The molecule has 2 aromatic rings. The zero-order valence-corrected chi connectivity index (χ0v) is 13.6. The second-order valence-electron chi connectivity index (χ2n) is 6.16. The number of rotatable bonds is 4. The number of benzene rings is 1. The van der Waals surface area contributed by atoms with Crippen LogP contribution in [0.1, 0.15) is 41.4 Å².